The third-order valence-electron chi connectivity index (χ3n) is 3.50. The van der Waals surface area contributed by atoms with Crippen molar-refractivity contribution in [2.24, 2.45) is 0 Å². The van der Waals surface area contributed by atoms with Crippen molar-refractivity contribution in [3.8, 4) is 17.4 Å². The van der Waals surface area contributed by atoms with Crippen LogP contribution in [0.15, 0.2) is 53.0 Å². The summed E-state index contributed by atoms with van der Waals surface area (Å²) in [5.74, 6) is 0.706. The van der Waals surface area contributed by atoms with E-state index in [0.717, 1.165) is 26.6 Å². The Morgan fingerprint density at radius 2 is 1.77 bits per heavy atom. The van der Waals surface area contributed by atoms with Crippen molar-refractivity contribution >= 4 is 32.5 Å². The fourth-order valence-electron chi connectivity index (χ4n) is 2.48. The van der Waals surface area contributed by atoms with Gasteiger partial charge in [-0.25, -0.2) is 4.40 Å². The van der Waals surface area contributed by atoms with Gasteiger partial charge in [-0.3, -0.25) is 0 Å². The van der Waals surface area contributed by atoms with Crippen LogP contribution in [-0.4, -0.2) is 26.7 Å². The van der Waals surface area contributed by atoms with Gasteiger partial charge >= 0.3 is 6.01 Å². The van der Waals surface area contributed by atoms with Crippen molar-refractivity contribution in [2.45, 2.75) is 0 Å². The number of benzene rings is 2. The zero-order chi connectivity index (χ0) is 15.1. The second-order valence-corrected chi connectivity index (χ2v) is 5.72. The van der Waals surface area contributed by atoms with Crippen LogP contribution in [0.1, 0.15) is 0 Å². The predicted octanol–water partition coefficient (Wildman–Crippen LogP) is 3.72. The Morgan fingerprint density at radius 1 is 1.00 bits per heavy atom. The molecule has 0 saturated carbocycles. The van der Waals surface area contributed by atoms with Crippen molar-refractivity contribution in [3.05, 3.63) is 53.0 Å². The SMILES string of the molecule is COc1nc2ccccc2c2nnc(-c3ccc(Br)cc3)n12. The highest BCUT2D eigenvalue weighted by atomic mass is 79.9. The van der Waals surface area contributed by atoms with Gasteiger partial charge < -0.3 is 4.74 Å². The summed E-state index contributed by atoms with van der Waals surface area (Å²) in [7, 11) is 1.60. The fraction of sp³-hybridized carbons (Fsp3) is 0.0625. The van der Waals surface area contributed by atoms with E-state index < -0.39 is 0 Å². The van der Waals surface area contributed by atoms with Gasteiger partial charge in [0, 0.05) is 15.4 Å². The highest BCUT2D eigenvalue weighted by Crippen LogP contribution is 2.28. The molecule has 108 valence electrons. The minimum absolute atomic E-state index is 0.469. The molecule has 0 fully saturated rings. The Morgan fingerprint density at radius 3 is 2.55 bits per heavy atom. The quantitative estimate of drug-likeness (QED) is 0.550. The van der Waals surface area contributed by atoms with E-state index in [4.69, 9.17) is 4.74 Å². The van der Waals surface area contributed by atoms with Crippen molar-refractivity contribution < 1.29 is 4.74 Å². The number of hydrogen-bond acceptors (Lipinski definition) is 4. The van der Waals surface area contributed by atoms with Gasteiger partial charge in [-0.1, -0.05) is 40.2 Å². The molecule has 2 heterocycles. The lowest BCUT2D eigenvalue weighted by atomic mass is 10.2. The van der Waals surface area contributed by atoms with E-state index in [1.807, 2.05) is 52.9 Å². The first kappa shape index (κ1) is 13.2. The first-order chi connectivity index (χ1) is 10.8. The van der Waals surface area contributed by atoms with E-state index in [1.165, 1.54) is 0 Å². The molecule has 0 unspecified atom stereocenters. The zero-order valence-electron chi connectivity index (χ0n) is 11.7. The maximum atomic E-state index is 5.44. The van der Waals surface area contributed by atoms with Gasteiger partial charge in [-0.2, -0.15) is 4.98 Å². The lowest BCUT2D eigenvalue weighted by molar-refractivity contribution is 0.376. The molecule has 4 aromatic rings. The van der Waals surface area contributed by atoms with Crippen LogP contribution in [0, 0.1) is 0 Å². The lowest BCUT2D eigenvalue weighted by Crippen LogP contribution is -2.00. The molecule has 0 N–H and O–H groups in total. The Balaban J connectivity index is 2.09. The van der Waals surface area contributed by atoms with Crippen LogP contribution in [0.5, 0.6) is 6.01 Å². The standard InChI is InChI=1S/C16H11BrN4O/c1-22-16-18-13-5-3-2-4-12(13)15-20-19-14(21(15)16)10-6-8-11(17)9-7-10/h2-9H,1H3. The van der Waals surface area contributed by atoms with Gasteiger partial charge in [0.1, 0.15) is 0 Å². The summed E-state index contributed by atoms with van der Waals surface area (Å²) >= 11 is 3.44. The number of ether oxygens (including phenoxy) is 1. The first-order valence-electron chi connectivity index (χ1n) is 6.72. The minimum atomic E-state index is 0.469. The molecular formula is C16H11BrN4O. The summed E-state index contributed by atoms with van der Waals surface area (Å²) in [6.07, 6.45) is 0. The molecule has 22 heavy (non-hydrogen) atoms. The van der Waals surface area contributed by atoms with E-state index in [9.17, 15) is 0 Å². The molecule has 0 saturated heterocycles. The van der Waals surface area contributed by atoms with Gasteiger partial charge in [0.15, 0.2) is 11.5 Å². The monoisotopic (exact) mass is 354 g/mol. The molecule has 0 radical (unpaired) electrons. The Hall–Kier alpha value is -2.47. The van der Waals surface area contributed by atoms with E-state index in [-0.39, 0.29) is 0 Å². The molecule has 0 aliphatic carbocycles. The minimum Gasteiger partial charge on any atom is -0.468 e. The van der Waals surface area contributed by atoms with Gasteiger partial charge in [0.05, 0.1) is 12.6 Å². The maximum absolute atomic E-state index is 5.44. The summed E-state index contributed by atoms with van der Waals surface area (Å²) < 4.78 is 8.30. The number of halogens is 1. The summed E-state index contributed by atoms with van der Waals surface area (Å²) in [5, 5.41) is 9.61. The molecule has 0 aliphatic rings. The van der Waals surface area contributed by atoms with Crippen LogP contribution in [0.3, 0.4) is 0 Å². The van der Waals surface area contributed by atoms with Gasteiger partial charge in [0.2, 0.25) is 0 Å². The molecular weight excluding hydrogens is 344 g/mol. The fourth-order valence-corrected chi connectivity index (χ4v) is 2.74. The van der Waals surface area contributed by atoms with Gasteiger partial charge in [0.25, 0.3) is 0 Å². The summed E-state index contributed by atoms with van der Waals surface area (Å²) in [4.78, 5) is 4.55. The molecule has 6 heteroatoms. The van der Waals surface area contributed by atoms with Crippen LogP contribution < -0.4 is 4.74 Å². The predicted molar refractivity (Wildman–Crippen MR) is 88.0 cm³/mol. The number of rotatable bonds is 2. The number of para-hydroxylation sites is 1. The summed E-state index contributed by atoms with van der Waals surface area (Å²) in [6, 6.07) is 16.2. The van der Waals surface area contributed by atoms with E-state index in [1.54, 1.807) is 7.11 Å². The van der Waals surface area contributed by atoms with Gasteiger partial charge in [-0.15, -0.1) is 10.2 Å². The molecule has 0 aliphatic heterocycles. The Labute approximate surface area is 134 Å². The number of fused-ring (bicyclic) bond motifs is 3. The second kappa shape index (κ2) is 5.06. The lowest BCUT2D eigenvalue weighted by Gasteiger charge is -2.07. The van der Waals surface area contributed by atoms with Crippen molar-refractivity contribution in [1.82, 2.24) is 19.6 Å². The smallest absolute Gasteiger partial charge is 0.304 e. The van der Waals surface area contributed by atoms with Crippen LogP contribution in [0.2, 0.25) is 0 Å². The van der Waals surface area contributed by atoms with Crippen molar-refractivity contribution in [2.75, 3.05) is 7.11 Å². The first-order valence-corrected chi connectivity index (χ1v) is 7.51. The van der Waals surface area contributed by atoms with E-state index >= 15 is 0 Å². The van der Waals surface area contributed by atoms with Crippen LogP contribution in [0.25, 0.3) is 27.9 Å². The third kappa shape index (κ3) is 1.95. The van der Waals surface area contributed by atoms with Crippen molar-refractivity contribution in [3.63, 3.8) is 0 Å². The van der Waals surface area contributed by atoms with E-state index in [2.05, 4.69) is 31.1 Å². The molecule has 0 bridgehead atoms. The number of nitrogens with zero attached hydrogens (tertiary/aromatic N) is 4. The molecule has 5 nitrogen and oxygen atoms in total. The van der Waals surface area contributed by atoms with Crippen molar-refractivity contribution in [1.29, 1.82) is 0 Å². The Kier molecular flexibility index (Phi) is 3.04. The summed E-state index contributed by atoms with van der Waals surface area (Å²) in [6.45, 7) is 0. The van der Waals surface area contributed by atoms with E-state index in [0.29, 0.717) is 11.8 Å². The second-order valence-electron chi connectivity index (χ2n) is 4.81. The van der Waals surface area contributed by atoms with Crippen LogP contribution in [-0.2, 0) is 0 Å². The van der Waals surface area contributed by atoms with Gasteiger partial charge in [-0.05, 0) is 24.3 Å². The number of aromatic nitrogens is 4. The zero-order valence-corrected chi connectivity index (χ0v) is 13.3. The highest BCUT2D eigenvalue weighted by molar-refractivity contribution is 9.10. The molecule has 2 aromatic carbocycles. The normalized spacial score (nSPS) is 11.2. The third-order valence-corrected chi connectivity index (χ3v) is 4.03. The topological polar surface area (TPSA) is 52.3 Å². The summed E-state index contributed by atoms with van der Waals surface area (Å²) in [5.41, 5.74) is 2.52. The number of hydrogen-bond donors (Lipinski definition) is 0. The molecule has 0 amide bonds. The molecule has 2 aromatic heterocycles. The molecule has 0 atom stereocenters. The average molecular weight is 355 g/mol. The maximum Gasteiger partial charge on any atom is 0.304 e. The highest BCUT2D eigenvalue weighted by Gasteiger charge is 2.16. The molecule has 4 rings (SSSR count). The van der Waals surface area contributed by atoms with Crippen LogP contribution >= 0.6 is 15.9 Å². The largest absolute Gasteiger partial charge is 0.468 e. The molecule has 0 spiro atoms. The average Bonchev–Trinajstić information content (AvgIpc) is 3.00. The number of methoxy groups -OCH3 is 1. The Bertz CT molecular complexity index is 979. The van der Waals surface area contributed by atoms with Crippen LogP contribution in [0.4, 0.5) is 0 Å².